The van der Waals surface area contributed by atoms with Crippen LogP contribution in [0.25, 0.3) is 0 Å². The average Bonchev–Trinajstić information content (AvgIpc) is 2.79. The van der Waals surface area contributed by atoms with Gasteiger partial charge in [-0.25, -0.2) is 0 Å². The predicted octanol–water partition coefficient (Wildman–Crippen LogP) is 1.06. The first-order chi connectivity index (χ1) is 8.28. The van der Waals surface area contributed by atoms with Gasteiger partial charge in [0.25, 0.3) is 0 Å². The maximum Gasteiger partial charge on any atom is 0.323 e. The van der Waals surface area contributed by atoms with E-state index in [1.165, 1.54) is 0 Å². The lowest BCUT2D eigenvalue weighted by Crippen LogP contribution is -2.08. The summed E-state index contributed by atoms with van der Waals surface area (Å²) in [5.74, 6) is 1.25. The minimum Gasteiger partial charge on any atom is -0.467 e. The summed E-state index contributed by atoms with van der Waals surface area (Å²) < 4.78 is 10.3. The Morgan fingerprint density at radius 2 is 2.29 bits per heavy atom. The van der Waals surface area contributed by atoms with Crippen molar-refractivity contribution in [3.63, 3.8) is 0 Å². The van der Waals surface area contributed by atoms with Crippen LogP contribution >= 0.6 is 0 Å². The highest BCUT2D eigenvalue weighted by Gasteiger charge is 2.05. The summed E-state index contributed by atoms with van der Waals surface area (Å²) in [6.45, 7) is 2.79. The van der Waals surface area contributed by atoms with E-state index in [0.717, 1.165) is 5.76 Å². The van der Waals surface area contributed by atoms with Gasteiger partial charge in [0.15, 0.2) is 0 Å². The molecule has 0 aliphatic rings. The lowest BCUT2D eigenvalue weighted by molar-refractivity contribution is 0.312. The molecule has 0 unspecified atom stereocenters. The Morgan fingerprint density at radius 1 is 1.41 bits per heavy atom. The summed E-state index contributed by atoms with van der Waals surface area (Å²) in [5.41, 5.74) is 5.53. The van der Waals surface area contributed by atoms with Gasteiger partial charge in [-0.2, -0.15) is 15.0 Å². The Bertz CT molecular complexity index is 472. The van der Waals surface area contributed by atoms with Crippen molar-refractivity contribution in [2.45, 2.75) is 13.5 Å². The minimum absolute atomic E-state index is 0.116. The van der Waals surface area contributed by atoms with E-state index in [2.05, 4.69) is 20.3 Å². The molecule has 0 saturated carbocycles. The molecule has 0 aromatic carbocycles. The number of anilines is 2. The Kier molecular flexibility index (Phi) is 3.39. The summed E-state index contributed by atoms with van der Waals surface area (Å²) >= 11 is 0. The molecule has 17 heavy (non-hydrogen) atoms. The Morgan fingerprint density at radius 3 is 3.00 bits per heavy atom. The summed E-state index contributed by atoms with van der Waals surface area (Å²) in [4.78, 5) is 11.8. The number of ether oxygens (including phenoxy) is 1. The molecular weight excluding hydrogens is 222 g/mol. The number of nitrogens with zero attached hydrogens (tertiary/aromatic N) is 3. The Labute approximate surface area is 98.0 Å². The Balaban J connectivity index is 2.04. The number of nitrogens with two attached hydrogens (primary N) is 1. The van der Waals surface area contributed by atoms with Crippen molar-refractivity contribution in [2.24, 2.45) is 0 Å². The van der Waals surface area contributed by atoms with Crippen LogP contribution in [0.3, 0.4) is 0 Å². The standard InChI is InChI=1S/C10H13N5O2/c1-2-16-10-14-8(11)13-9(15-10)12-6-7-4-3-5-17-7/h3-5H,2,6H2,1H3,(H3,11,12,13,14,15). The zero-order chi connectivity index (χ0) is 12.1. The summed E-state index contributed by atoms with van der Waals surface area (Å²) in [5, 5.41) is 2.97. The quantitative estimate of drug-likeness (QED) is 0.799. The number of hydrogen-bond acceptors (Lipinski definition) is 7. The molecule has 2 aromatic heterocycles. The molecule has 3 N–H and O–H groups in total. The van der Waals surface area contributed by atoms with Crippen molar-refractivity contribution in [1.29, 1.82) is 0 Å². The van der Waals surface area contributed by atoms with E-state index in [-0.39, 0.29) is 12.0 Å². The first-order valence-electron chi connectivity index (χ1n) is 5.18. The lowest BCUT2D eigenvalue weighted by atomic mass is 10.4. The number of nitrogens with one attached hydrogen (secondary N) is 1. The summed E-state index contributed by atoms with van der Waals surface area (Å²) in [6.07, 6.45) is 1.60. The molecule has 0 fully saturated rings. The van der Waals surface area contributed by atoms with Gasteiger partial charge >= 0.3 is 6.01 Å². The van der Waals surface area contributed by atoms with Gasteiger partial charge in [0, 0.05) is 0 Å². The van der Waals surface area contributed by atoms with Crippen LogP contribution in [0.1, 0.15) is 12.7 Å². The molecule has 0 bridgehead atoms. The SMILES string of the molecule is CCOc1nc(N)nc(NCc2ccco2)n1. The van der Waals surface area contributed by atoms with E-state index in [0.29, 0.717) is 19.1 Å². The molecule has 0 amide bonds. The van der Waals surface area contributed by atoms with E-state index < -0.39 is 0 Å². The second kappa shape index (κ2) is 5.15. The molecule has 7 heteroatoms. The van der Waals surface area contributed by atoms with Crippen LogP contribution in [-0.4, -0.2) is 21.6 Å². The highest BCUT2D eigenvalue weighted by atomic mass is 16.5. The van der Waals surface area contributed by atoms with Gasteiger partial charge in [-0.15, -0.1) is 0 Å². The van der Waals surface area contributed by atoms with Gasteiger partial charge in [-0.05, 0) is 19.1 Å². The second-order valence-corrected chi connectivity index (χ2v) is 3.17. The summed E-state index contributed by atoms with van der Waals surface area (Å²) in [6, 6.07) is 3.87. The van der Waals surface area contributed by atoms with Gasteiger partial charge in [0.2, 0.25) is 11.9 Å². The van der Waals surface area contributed by atoms with Crippen LogP contribution in [0.5, 0.6) is 6.01 Å². The monoisotopic (exact) mass is 235 g/mol. The first-order valence-corrected chi connectivity index (χ1v) is 5.18. The first kappa shape index (κ1) is 11.2. The molecule has 0 aliphatic carbocycles. The lowest BCUT2D eigenvalue weighted by Gasteiger charge is -2.05. The summed E-state index contributed by atoms with van der Waals surface area (Å²) in [7, 11) is 0. The molecule has 7 nitrogen and oxygen atoms in total. The maximum absolute atomic E-state index is 5.53. The molecule has 2 aromatic rings. The van der Waals surface area contributed by atoms with Gasteiger partial charge in [0.1, 0.15) is 5.76 Å². The average molecular weight is 235 g/mol. The van der Waals surface area contributed by atoms with Crippen LogP contribution in [-0.2, 0) is 6.54 Å². The Hall–Kier alpha value is -2.31. The van der Waals surface area contributed by atoms with E-state index in [4.69, 9.17) is 14.9 Å². The zero-order valence-electron chi connectivity index (χ0n) is 9.38. The fourth-order valence-electron chi connectivity index (χ4n) is 1.22. The third-order valence-electron chi connectivity index (χ3n) is 1.91. The van der Waals surface area contributed by atoms with Crippen LogP contribution < -0.4 is 15.8 Å². The van der Waals surface area contributed by atoms with Gasteiger partial charge in [-0.3, -0.25) is 0 Å². The normalized spacial score (nSPS) is 10.2. The molecule has 2 heterocycles. The molecule has 0 radical (unpaired) electrons. The zero-order valence-corrected chi connectivity index (χ0v) is 9.38. The maximum atomic E-state index is 5.53. The number of rotatable bonds is 5. The third kappa shape index (κ3) is 3.07. The number of furan rings is 1. The molecule has 0 spiro atoms. The van der Waals surface area contributed by atoms with Crippen molar-refractivity contribution in [3.8, 4) is 6.01 Å². The van der Waals surface area contributed by atoms with Crippen LogP contribution in [0.15, 0.2) is 22.8 Å². The molecule has 0 atom stereocenters. The number of aromatic nitrogens is 3. The predicted molar refractivity (Wildman–Crippen MR) is 61.4 cm³/mol. The van der Waals surface area contributed by atoms with E-state index >= 15 is 0 Å². The van der Waals surface area contributed by atoms with E-state index in [1.807, 2.05) is 19.1 Å². The molecule has 0 aliphatic heterocycles. The third-order valence-corrected chi connectivity index (χ3v) is 1.91. The van der Waals surface area contributed by atoms with Crippen LogP contribution in [0.4, 0.5) is 11.9 Å². The molecular formula is C10H13N5O2. The fraction of sp³-hybridized carbons (Fsp3) is 0.300. The van der Waals surface area contributed by atoms with Crippen molar-refractivity contribution >= 4 is 11.9 Å². The van der Waals surface area contributed by atoms with Crippen LogP contribution in [0.2, 0.25) is 0 Å². The van der Waals surface area contributed by atoms with Crippen molar-refractivity contribution in [1.82, 2.24) is 15.0 Å². The van der Waals surface area contributed by atoms with Crippen molar-refractivity contribution < 1.29 is 9.15 Å². The fourth-order valence-corrected chi connectivity index (χ4v) is 1.22. The minimum atomic E-state index is 0.116. The highest BCUT2D eigenvalue weighted by molar-refractivity contribution is 5.32. The van der Waals surface area contributed by atoms with Gasteiger partial charge in [-0.1, -0.05) is 0 Å². The van der Waals surface area contributed by atoms with Crippen molar-refractivity contribution in [2.75, 3.05) is 17.7 Å². The van der Waals surface area contributed by atoms with Crippen LogP contribution in [0, 0.1) is 0 Å². The van der Waals surface area contributed by atoms with E-state index in [1.54, 1.807) is 6.26 Å². The second-order valence-electron chi connectivity index (χ2n) is 3.17. The van der Waals surface area contributed by atoms with Crippen molar-refractivity contribution in [3.05, 3.63) is 24.2 Å². The largest absolute Gasteiger partial charge is 0.467 e. The number of nitrogen functional groups attached to an aromatic ring is 1. The van der Waals surface area contributed by atoms with Gasteiger partial charge in [0.05, 0.1) is 19.4 Å². The van der Waals surface area contributed by atoms with Gasteiger partial charge < -0.3 is 20.2 Å². The number of hydrogen-bond donors (Lipinski definition) is 2. The molecule has 2 rings (SSSR count). The smallest absolute Gasteiger partial charge is 0.323 e. The van der Waals surface area contributed by atoms with E-state index in [9.17, 15) is 0 Å². The molecule has 90 valence electrons. The molecule has 0 saturated heterocycles. The highest BCUT2D eigenvalue weighted by Crippen LogP contribution is 2.10. The topological polar surface area (TPSA) is 99.1 Å².